The Bertz CT molecular complexity index is 1560. The highest BCUT2D eigenvalue weighted by Crippen LogP contribution is 2.52. The number of fused-ring (bicyclic) bond motifs is 2. The minimum absolute atomic E-state index is 0.0918. The molecule has 8 nitrogen and oxygen atoms in total. The Kier molecular flexibility index (Phi) is 7.43. The molecular formula is C32H33BrN2O6S. The fourth-order valence-corrected chi connectivity index (χ4v) is 8.25. The molecule has 10 heteroatoms. The zero-order chi connectivity index (χ0) is 29.9. The predicted octanol–water partition coefficient (Wildman–Crippen LogP) is 6.51. The van der Waals surface area contributed by atoms with Crippen LogP contribution in [0.25, 0.3) is 0 Å². The van der Waals surface area contributed by atoms with E-state index < -0.39 is 35.8 Å². The number of esters is 1. The van der Waals surface area contributed by atoms with Gasteiger partial charge in [-0.25, -0.2) is 14.8 Å². The Balaban J connectivity index is 1.46. The molecule has 3 aromatic rings. The van der Waals surface area contributed by atoms with Crippen molar-refractivity contribution in [3.05, 3.63) is 74.6 Å². The number of benzene rings is 2. The van der Waals surface area contributed by atoms with E-state index in [9.17, 15) is 14.4 Å². The summed E-state index contributed by atoms with van der Waals surface area (Å²) in [5.41, 5.74) is 2.72. The second-order valence-corrected chi connectivity index (χ2v) is 14.0. The van der Waals surface area contributed by atoms with Gasteiger partial charge in [-0.05, 0) is 66.5 Å². The van der Waals surface area contributed by atoms with Gasteiger partial charge in [-0.2, -0.15) is 0 Å². The van der Waals surface area contributed by atoms with E-state index in [4.69, 9.17) is 14.3 Å². The molecule has 2 fully saturated rings. The Labute approximate surface area is 257 Å². The van der Waals surface area contributed by atoms with Crippen molar-refractivity contribution in [2.24, 2.45) is 17.3 Å². The van der Waals surface area contributed by atoms with Gasteiger partial charge < -0.3 is 9.47 Å². The topological polar surface area (TPSA) is 85.4 Å². The number of methoxy groups -OCH3 is 2. The molecule has 3 heterocycles. The summed E-state index contributed by atoms with van der Waals surface area (Å²) in [5.74, 6) is -1.31. The van der Waals surface area contributed by atoms with E-state index in [0.717, 1.165) is 27.8 Å². The Morgan fingerprint density at radius 2 is 1.81 bits per heavy atom. The first-order chi connectivity index (χ1) is 20.0. The predicted molar refractivity (Wildman–Crippen MR) is 164 cm³/mol. The van der Waals surface area contributed by atoms with Gasteiger partial charge in [-0.15, -0.1) is 11.3 Å². The fourth-order valence-electron chi connectivity index (χ4n) is 6.45. The lowest BCUT2D eigenvalue weighted by Crippen LogP contribution is -2.37. The van der Waals surface area contributed by atoms with Gasteiger partial charge in [0.2, 0.25) is 5.91 Å². The molecule has 42 heavy (non-hydrogen) atoms. The van der Waals surface area contributed by atoms with Gasteiger partial charge >= 0.3 is 5.97 Å². The highest BCUT2D eigenvalue weighted by Gasteiger charge is 2.61. The smallest absolute Gasteiger partial charge is 0.341 e. The number of halogens is 1. The van der Waals surface area contributed by atoms with Crippen LogP contribution in [-0.2, 0) is 32.0 Å². The normalized spacial score (nSPS) is 23.7. The molecule has 1 aromatic heterocycles. The van der Waals surface area contributed by atoms with E-state index in [-0.39, 0.29) is 5.41 Å². The van der Waals surface area contributed by atoms with Crippen molar-refractivity contribution in [1.29, 1.82) is 0 Å². The number of thiophene rings is 1. The van der Waals surface area contributed by atoms with Crippen molar-refractivity contribution < 1.29 is 28.7 Å². The number of carbonyl (C=O) groups is 3. The molecule has 2 saturated heterocycles. The van der Waals surface area contributed by atoms with Crippen LogP contribution in [0.1, 0.15) is 59.6 Å². The van der Waals surface area contributed by atoms with Crippen molar-refractivity contribution in [3.63, 3.8) is 0 Å². The Hall–Kier alpha value is -3.21. The first-order valence-corrected chi connectivity index (χ1v) is 15.6. The zero-order valence-electron chi connectivity index (χ0n) is 24.2. The molecule has 3 aliphatic rings. The van der Waals surface area contributed by atoms with Crippen LogP contribution in [-0.4, -0.2) is 38.1 Å². The standard InChI is InChI=1S/C32H33BrN2O6S/c1-32(2,3)17-11-13-20-23(15-17)42-30(24(20)31(38)40-5)34-28(36)25-26(21-16-18(33)12-14-22(21)39-4)35(41-27(25)29(34)37)19-9-7-6-8-10-19/h6-10,12,14,16-17,25-27H,11,13,15H2,1-5H3/t17-,25+,26-,27-/m0/s1. The average Bonchev–Trinajstić information content (AvgIpc) is 3.62. The summed E-state index contributed by atoms with van der Waals surface area (Å²) < 4.78 is 11.7. The number of anilines is 2. The van der Waals surface area contributed by atoms with Crippen LogP contribution in [0.15, 0.2) is 53.0 Å². The van der Waals surface area contributed by atoms with E-state index in [1.807, 2.05) is 48.5 Å². The minimum atomic E-state index is -1.07. The Morgan fingerprint density at radius 1 is 1.07 bits per heavy atom. The lowest BCUT2D eigenvalue weighted by atomic mass is 9.72. The summed E-state index contributed by atoms with van der Waals surface area (Å²) in [6.45, 7) is 6.66. The summed E-state index contributed by atoms with van der Waals surface area (Å²) >= 11 is 4.91. The molecule has 6 rings (SSSR count). The number of hydrogen-bond acceptors (Lipinski definition) is 8. The van der Waals surface area contributed by atoms with Gasteiger partial charge in [-0.3, -0.25) is 14.4 Å². The number of carbonyl (C=O) groups excluding carboxylic acids is 3. The van der Waals surface area contributed by atoms with Crippen molar-refractivity contribution in [2.75, 3.05) is 24.2 Å². The maximum absolute atomic E-state index is 14.4. The van der Waals surface area contributed by atoms with Gasteiger partial charge in [0.1, 0.15) is 16.7 Å². The third-order valence-corrected chi connectivity index (χ3v) is 10.4. The molecule has 0 spiro atoms. The SMILES string of the molecule is COC(=O)c1c(N2C(=O)[C@H]3[C@H](ON(c4ccccc4)[C@H]3c3cc(Br)ccc3OC)C2=O)sc2c1CC[C@H](C(C)(C)C)C2. The van der Waals surface area contributed by atoms with Gasteiger partial charge in [0, 0.05) is 14.9 Å². The molecule has 0 N–H and O–H groups in total. The summed E-state index contributed by atoms with van der Waals surface area (Å²) in [5, 5.41) is 1.97. The summed E-state index contributed by atoms with van der Waals surface area (Å²) in [6, 6.07) is 14.3. The van der Waals surface area contributed by atoms with Gasteiger partial charge in [-0.1, -0.05) is 54.9 Å². The van der Waals surface area contributed by atoms with Gasteiger partial charge in [0.25, 0.3) is 5.91 Å². The largest absolute Gasteiger partial charge is 0.496 e. The number of imide groups is 1. The number of hydrogen-bond donors (Lipinski definition) is 0. The molecule has 2 aromatic carbocycles. The summed E-state index contributed by atoms with van der Waals surface area (Å²) in [6.07, 6.45) is 1.33. The molecule has 4 atom stereocenters. The summed E-state index contributed by atoms with van der Waals surface area (Å²) in [4.78, 5) is 50.3. The number of amides is 2. The molecular weight excluding hydrogens is 620 g/mol. The highest BCUT2D eigenvalue weighted by atomic mass is 79.9. The number of ether oxygens (including phenoxy) is 2. The number of hydroxylamine groups is 1. The van der Waals surface area contributed by atoms with Crippen molar-refractivity contribution in [3.8, 4) is 5.75 Å². The van der Waals surface area contributed by atoms with Crippen LogP contribution in [0.5, 0.6) is 5.75 Å². The minimum Gasteiger partial charge on any atom is -0.496 e. The van der Waals surface area contributed by atoms with E-state index >= 15 is 0 Å². The second-order valence-electron chi connectivity index (χ2n) is 12.0. The quantitative estimate of drug-likeness (QED) is 0.229. The van der Waals surface area contributed by atoms with E-state index in [1.54, 1.807) is 12.2 Å². The number of rotatable bonds is 5. The van der Waals surface area contributed by atoms with E-state index in [2.05, 4.69) is 36.7 Å². The zero-order valence-corrected chi connectivity index (χ0v) is 26.6. The van der Waals surface area contributed by atoms with Crippen molar-refractivity contribution in [1.82, 2.24) is 0 Å². The molecule has 0 bridgehead atoms. The van der Waals surface area contributed by atoms with Gasteiger partial charge in [0.05, 0.1) is 31.5 Å². The Morgan fingerprint density at radius 3 is 2.48 bits per heavy atom. The first-order valence-electron chi connectivity index (χ1n) is 14.0. The fraction of sp³-hybridized carbons (Fsp3) is 0.406. The third kappa shape index (κ3) is 4.64. The van der Waals surface area contributed by atoms with Crippen LogP contribution >= 0.6 is 27.3 Å². The average molecular weight is 654 g/mol. The van der Waals surface area contributed by atoms with Crippen LogP contribution < -0.4 is 14.7 Å². The van der Waals surface area contributed by atoms with Gasteiger partial charge in [0.15, 0.2) is 6.10 Å². The monoisotopic (exact) mass is 652 g/mol. The van der Waals surface area contributed by atoms with Crippen LogP contribution in [0.4, 0.5) is 10.7 Å². The van der Waals surface area contributed by atoms with Crippen molar-refractivity contribution >= 4 is 55.7 Å². The van der Waals surface area contributed by atoms with Crippen molar-refractivity contribution in [2.45, 2.75) is 52.2 Å². The second kappa shape index (κ2) is 10.8. The number of nitrogens with zero attached hydrogens (tertiary/aromatic N) is 2. The molecule has 0 radical (unpaired) electrons. The van der Waals surface area contributed by atoms with Crippen LogP contribution in [0.2, 0.25) is 0 Å². The molecule has 2 aliphatic heterocycles. The molecule has 0 unspecified atom stereocenters. The molecule has 2 amide bonds. The maximum Gasteiger partial charge on any atom is 0.341 e. The van der Waals surface area contributed by atoms with Crippen LogP contribution in [0, 0.1) is 17.3 Å². The molecule has 220 valence electrons. The number of para-hydroxylation sites is 1. The molecule has 0 saturated carbocycles. The van der Waals surface area contributed by atoms with Crippen LogP contribution in [0.3, 0.4) is 0 Å². The highest BCUT2D eigenvalue weighted by molar-refractivity contribution is 9.10. The lowest BCUT2D eigenvalue weighted by Gasteiger charge is -2.33. The maximum atomic E-state index is 14.4. The third-order valence-electron chi connectivity index (χ3n) is 8.70. The summed E-state index contributed by atoms with van der Waals surface area (Å²) in [7, 11) is 2.90. The molecule has 1 aliphatic carbocycles. The van der Waals surface area contributed by atoms with E-state index in [0.29, 0.717) is 39.9 Å². The first kappa shape index (κ1) is 28.9. The van der Waals surface area contributed by atoms with E-state index in [1.165, 1.54) is 23.3 Å². The lowest BCUT2D eigenvalue weighted by molar-refractivity contribution is -0.126.